The Morgan fingerprint density at radius 1 is 0.165 bits per heavy atom. The third-order valence-electron chi connectivity index (χ3n) is 24.9. The molecule has 22 aromatic carbocycles. The van der Waals surface area contributed by atoms with Gasteiger partial charge in [0.25, 0.3) is 0 Å². The van der Waals surface area contributed by atoms with Crippen molar-refractivity contribution in [2.24, 2.45) is 0 Å². The molecule has 22 aromatic rings. The Balaban J connectivity index is 0.000000129. The van der Waals surface area contributed by atoms with E-state index in [0.29, 0.717) is 0 Å². The summed E-state index contributed by atoms with van der Waals surface area (Å²) in [7, 11) is 0. The third-order valence-corrected chi connectivity index (χ3v) is 26.6. The lowest BCUT2D eigenvalue weighted by Gasteiger charge is -2.23. The quantitative estimate of drug-likeness (QED) is 0.140. The van der Waals surface area contributed by atoms with Crippen LogP contribution >= 0.6 is 31.9 Å². The first-order valence-corrected chi connectivity index (χ1v) is 43.5. The summed E-state index contributed by atoms with van der Waals surface area (Å²) in [4.78, 5) is 0. The summed E-state index contributed by atoms with van der Waals surface area (Å²) in [5, 5.41) is 25.7. The van der Waals surface area contributed by atoms with Gasteiger partial charge in [-0.1, -0.05) is 424 Å². The van der Waals surface area contributed by atoms with E-state index in [0.717, 1.165) is 0 Å². The smallest absolute Gasteiger partial charge is 0.0332 e. The molecule has 1 aliphatic carbocycles. The highest BCUT2D eigenvalue weighted by Gasteiger charge is 2.36. The Morgan fingerprint density at radius 3 is 0.702 bits per heavy atom. The Hall–Kier alpha value is -13.6. The molecule has 0 aromatic heterocycles. The van der Waals surface area contributed by atoms with Crippen LogP contribution in [-0.4, -0.2) is 0 Å². The number of rotatable bonds is 7. The highest BCUT2D eigenvalue weighted by molar-refractivity contribution is 9.11. The topological polar surface area (TPSA) is 0 Å². The molecule has 1 aliphatic rings. The molecule has 0 radical (unpaired) electrons. The predicted molar refractivity (Wildman–Crippen MR) is 531 cm³/mol. The summed E-state index contributed by atoms with van der Waals surface area (Å²) >= 11 is 7.49. The molecule has 0 fully saturated rings. The van der Waals surface area contributed by atoms with E-state index < -0.39 is 0 Å². The summed E-state index contributed by atoms with van der Waals surface area (Å²) in [5.41, 5.74) is 28.3. The van der Waals surface area contributed by atoms with Gasteiger partial charge in [0.2, 0.25) is 0 Å². The number of fused-ring (bicyclic) bond motifs is 13. The van der Waals surface area contributed by atoms with Crippen LogP contribution in [0, 0.1) is 27.7 Å². The zero-order valence-corrected chi connectivity index (χ0v) is 71.7. The lowest BCUT2D eigenvalue weighted by Crippen LogP contribution is -2.15. The minimum absolute atomic E-state index is 0.180. The summed E-state index contributed by atoms with van der Waals surface area (Å²) in [5.74, 6) is 0. The number of benzene rings is 22. The molecule has 0 saturated heterocycles. The fourth-order valence-electron chi connectivity index (χ4n) is 19.3. The van der Waals surface area contributed by atoms with Gasteiger partial charge in [-0.2, -0.15) is 0 Å². The summed E-state index contributed by atoms with van der Waals surface area (Å²) < 4.78 is 2.37. The second kappa shape index (κ2) is 31.9. The van der Waals surface area contributed by atoms with Gasteiger partial charge in [-0.15, -0.1) is 0 Å². The molecule has 0 N–H and O–H groups in total. The van der Waals surface area contributed by atoms with Gasteiger partial charge in [-0.3, -0.25) is 0 Å². The van der Waals surface area contributed by atoms with Crippen LogP contribution in [0.2, 0.25) is 0 Å². The molecular formula is C119H86Br2. The fraction of sp³-hybridized carbons (Fsp3) is 0.0588. The van der Waals surface area contributed by atoms with Crippen LogP contribution < -0.4 is 0 Å². The second-order valence-corrected chi connectivity index (χ2v) is 34.6. The highest BCUT2D eigenvalue weighted by atomic mass is 79.9. The van der Waals surface area contributed by atoms with E-state index in [1.54, 1.807) is 0 Å². The molecule has 0 saturated carbocycles. The van der Waals surface area contributed by atoms with E-state index in [4.69, 9.17) is 0 Å². The van der Waals surface area contributed by atoms with Crippen LogP contribution in [0.1, 0.15) is 47.2 Å². The monoisotopic (exact) mass is 1670 g/mol. The zero-order chi connectivity index (χ0) is 82.0. The molecule has 23 rings (SSSR count). The maximum Gasteiger partial charge on any atom is 0.0332 e. The Labute approximate surface area is 724 Å². The minimum atomic E-state index is -0.180. The average Bonchev–Trinajstić information content (AvgIpc) is 1.25. The Morgan fingerprint density at radius 2 is 0.380 bits per heavy atom. The molecule has 0 spiro atoms. The van der Waals surface area contributed by atoms with Crippen LogP contribution in [0.5, 0.6) is 0 Å². The first-order valence-electron chi connectivity index (χ1n) is 41.9. The molecule has 0 aliphatic heterocycles. The van der Waals surface area contributed by atoms with Crippen LogP contribution in [0.15, 0.2) is 421 Å². The average molecular weight is 1680 g/mol. The normalized spacial score (nSPS) is 12.0. The van der Waals surface area contributed by atoms with Crippen LogP contribution in [-0.2, 0) is 5.41 Å². The Bertz CT molecular complexity index is 7590. The van der Waals surface area contributed by atoms with Gasteiger partial charge in [0.15, 0.2) is 0 Å². The first-order chi connectivity index (χ1) is 59.3. The van der Waals surface area contributed by atoms with Gasteiger partial charge >= 0.3 is 0 Å². The van der Waals surface area contributed by atoms with E-state index >= 15 is 0 Å². The largest absolute Gasteiger partial charge is 0.0616 e. The van der Waals surface area contributed by atoms with E-state index in [9.17, 15) is 0 Å². The molecule has 576 valence electrons. The van der Waals surface area contributed by atoms with Crippen molar-refractivity contribution >= 4 is 140 Å². The van der Waals surface area contributed by atoms with Crippen LogP contribution in [0.3, 0.4) is 0 Å². The van der Waals surface area contributed by atoms with Crippen molar-refractivity contribution in [3.8, 4) is 89.0 Å². The number of aryl methyl sites for hydroxylation is 4. The molecule has 0 bridgehead atoms. The van der Waals surface area contributed by atoms with Crippen molar-refractivity contribution in [1.29, 1.82) is 0 Å². The zero-order valence-electron chi connectivity index (χ0n) is 68.5. The van der Waals surface area contributed by atoms with Gasteiger partial charge in [-0.25, -0.2) is 0 Å². The van der Waals surface area contributed by atoms with E-state index in [1.165, 1.54) is 239 Å². The lowest BCUT2D eigenvalue weighted by atomic mass is 9.80. The minimum Gasteiger partial charge on any atom is -0.0616 e. The van der Waals surface area contributed by atoms with Crippen molar-refractivity contribution in [3.63, 3.8) is 0 Å². The van der Waals surface area contributed by atoms with Crippen molar-refractivity contribution in [1.82, 2.24) is 0 Å². The van der Waals surface area contributed by atoms with Gasteiger partial charge in [-0.05, 0) is 292 Å². The molecule has 0 nitrogen and oxygen atoms in total. The molecule has 0 amide bonds. The summed E-state index contributed by atoms with van der Waals surface area (Å²) in [6, 6.07) is 151. The van der Waals surface area contributed by atoms with Crippen molar-refractivity contribution in [3.05, 3.63) is 455 Å². The number of halogens is 2. The third kappa shape index (κ3) is 13.9. The standard InChI is InChI=1S/C63H46.C21H15Br.C21H16.C14H9Br/c1-39-15-13-17-44(35-39)60-51-21-7-5-19-49(51)59(50-20-6-8-22-52(50)60)42-29-27-41(28-30-42)43-31-33-47-48-34-32-46(38-58(48)63(3,4)57(47)37-43)62-55-25-11-9-23-53(55)61(45-18-14-16-40(2)36-45)54-24-10-12-26-56(54)62;1-14-7-6-8-15(13-14)20-16-9-2-4-11-18(16)21(22)19-12-5-3-10-17(19)20;1-15-7-6-10-18(13-15)21-19-11-4-2-8-16(19)14-17-9-3-5-12-20(17)21;15-14-12-7-3-1-5-10(12)9-11-6-2-4-8-13(11)14/h5-38H,1-4H3;2-13H,1H3;2-14H,1H3;1-9H. The Kier molecular flexibility index (Phi) is 20.1. The van der Waals surface area contributed by atoms with Gasteiger partial charge < -0.3 is 0 Å². The van der Waals surface area contributed by atoms with E-state index in [2.05, 4.69) is 486 Å². The van der Waals surface area contributed by atoms with Gasteiger partial charge in [0.1, 0.15) is 0 Å². The SMILES string of the molecule is Brc1c2ccccc2cc2ccccc12.Cc1cccc(-c2c3ccccc3c(-c3ccc(-c4ccc5c(c4)C(C)(C)c4cc(-c6c7ccccc7c(-c7cccc(C)c7)c7ccccc67)ccc4-5)cc3)c3ccccc23)c1.Cc1cccc(-c2c3ccccc3c(Br)c3ccccc23)c1.Cc1cccc(-c2c3ccccc3cc3ccccc23)c1. The van der Waals surface area contributed by atoms with Crippen molar-refractivity contribution in [2.45, 2.75) is 47.0 Å². The number of hydrogen-bond donors (Lipinski definition) is 0. The fourth-order valence-corrected chi connectivity index (χ4v) is 20.7. The molecule has 0 unspecified atom stereocenters. The van der Waals surface area contributed by atoms with Crippen molar-refractivity contribution < 1.29 is 0 Å². The number of hydrogen-bond acceptors (Lipinski definition) is 0. The molecule has 121 heavy (non-hydrogen) atoms. The summed E-state index contributed by atoms with van der Waals surface area (Å²) in [6.07, 6.45) is 0. The lowest BCUT2D eigenvalue weighted by molar-refractivity contribution is 0.661. The van der Waals surface area contributed by atoms with Crippen LogP contribution in [0.4, 0.5) is 0 Å². The van der Waals surface area contributed by atoms with Gasteiger partial charge in [0.05, 0.1) is 0 Å². The van der Waals surface area contributed by atoms with Gasteiger partial charge in [0, 0.05) is 14.4 Å². The van der Waals surface area contributed by atoms with Crippen LogP contribution in [0.25, 0.3) is 197 Å². The molecule has 2 heteroatoms. The maximum atomic E-state index is 3.80. The predicted octanol–water partition coefficient (Wildman–Crippen LogP) is 35.0. The van der Waals surface area contributed by atoms with E-state index in [1.807, 2.05) is 0 Å². The molecular weight excluding hydrogens is 1590 g/mol. The second-order valence-electron chi connectivity index (χ2n) is 33.0. The first kappa shape index (κ1) is 76.1. The van der Waals surface area contributed by atoms with E-state index in [-0.39, 0.29) is 5.41 Å². The highest BCUT2D eigenvalue weighted by Crippen LogP contribution is 2.54. The summed E-state index contributed by atoms with van der Waals surface area (Å²) in [6.45, 7) is 13.5. The molecule has 0 heterocycles. The molecule has 0 atom stereocenters. The maximum absolute atomic E-state index is 3.80. The van der Waals surface area contributed by atoms with Crippen molar-refractivity contribution in [2.75, 3.05) is 0 Å².